The number of rotatable bonds is 6. The number of ether oxygens (including phenoxy) is 1. The van der Waals surface area contributed by atoms with Gasteiger partial charge in [-0.15, -0.1) is 0 Å². The molecule has 1 amide bonds. The van der Waals surface area contributed by atoms with Gasteiger partial charge in [-0.2, -0.15) is 0 Å². The summed E-state index contributed by atoms with van der Waals surface area (Å²) in [5, 5.41) is 2.65. The normalized spacial score (nSPS) is 11.1. The van der Waals surface area contributed by atoms with E-state index in [4.69, 9.17) is 4.74 Å². The van der Waals surface area contributed by atoms with Gasteiger partial charge in [0.05, 0.1) is 16.5 Å². The molecule has 128 valence electrons. The number of methoxy groups -OCH3 is 1. The molecule has 0 aliphatic heterocycles. The van der Waals surface area contributed by atoms with Crippen LogP contribution in [0.15, 0.2) is 51.8 Å². The largest absolute Gasteiger partial charge is 0.496 e. The Labute approximate surface area is 149 Å². The summed E-state index contributed by atoms with van der Waals surface area (Å²) < 4.78 is 32.9. The molecule has 0 unspecified atom stereocenters. The second kappa shape index (κ2) is 7.78. The third-order valence-corrected chi connectivity index (χ3v) is 5.19. The van der Waals surface area contributed by atoms with Gasteiger partial charge >= 0.3 is 0 Å². The molecule has 2 aromatic rings. The zero-order valence-corrected chi connectivity index (χ0v) is 15.6. The number of nitrogens with one attached hydrogen (secondary N) is 2. The van der Waals surface area contributed by atoms with Gasteiger partial charge in [0, 0.05) is 19.2 Å². The Hall–Kier alpha value is -1.90. The highest BCUT2D eigenvalue weighted by molar-refractivity contribution is 9.10. The minimum Gasteiger partial charge on any atom is -0.496 e. The molecule has 0 aliphatic carbocycles. The number of anilines is 1. The first-order chi connectivity index (χ1) is 11.3. The van der Waals surface area contributed by atoms with Gasteiger partial charge in [-0.1, -0.05) is 12.1 Å². The molecule has 0 radical (unpaired) electrons. The lowest BCUT2D eigenvalue weighted by Crippen LogP contribution is -2.23. The summed E-state index contributed by atoms with van der Waals surface area (Å²) in [6.45, 7) is 1.57. The maximum atomic E-state index is 12.3. The average molecular weight is 413 g/mol. The zero-order chi connectivity index (χ0) is 17.7. The van der Waals surface area contributed by atoms with E-state index >= 15 is 0 Å². The molecule has 24 heavy (non-hydrogen) atoms. The molecule has 2 aromatic carbocycles. The summed E-state index contributed by atoms with van der Waals surface area (Å²) in [5.74, 6) is 0.399. The molecule has 0 heterocycles. The maximum absolute atomic E-state index is 12.3. The van der Waals surface area contributed by atoms with E-state index in [0.29, 0.717) is 15.9 Å². The number of hydrogen-bond acceptors (Lipinski definition) is 4. The minimum absolute atomic E-state index is 0.144. The van der Waals surface area contributed by atoms with E-state index in [0.717, 1.165) is 5.56 Å². The lowest BCUT2D eigenvalue weighted by atomic mass is 10.2. The number of amides is 1. The van der Waals surface area contributed by atoms with Gasteiger partial charge < -0.3 is 10.1 Å². The van der Waals surface area contributed by atoms with Gasteiger partial charge in [0.1, 0.15) is 5.75 Å². The molecule has 0 atom stereocenters. The number of benzene rings is 2. The predicted molar refractivity (Wildman–Crippen MR) is 95.5 cm³/mol. The third kappa shape index (κ3) is 4.80. The minimum atomic E-state index is -3.64. The van der Waals surface area contributed by atoms with E-state index in [1.165, 1.54) is 26.2 Å². The molecule has 8 heteroatoms. The second-order valence-corrected chi connectivity index (χ2v) is 7.62. The molecular formula is C16H17BrN2O4S. The SMILES string of the molecule is COc1ccc(S(=O)(=O)NCc2ccc(NC(C)=O)cc2)cc1Br. The Balaban J connectivity index is 2.07. The highest BCUT2D eigenvalue weighted by Crippen LogP contribution is 2.27. The van der Waals surface area contributed by atoms with Crippen molar-refractivity contribution >= 4 is 37.5 Å². The summed E-state index contributed by atoms with van der Waals surface area (Å²) in [7, 11) is -2.13. The van der Waals surface area contributed by atoms with Crippen molar-refractivity contribution in [3.05, 3.63) is 52.5 Å². The molecule has 0 fully saturated rings. The number of halogens is 1. The number of hydrogen-bond donors (Lipinski definition) is 2. The summed E-state index contributed by atoms with van der Waals surface area (Å²) in [5.41, 5.74) is 1.44. The fourth-order valence-electron chi connectivity index (χ4n) is 1.99. The lowest BCUT2D eigenvalue weighted by Gasteiger charge is -2.10. The van der Waals surface area contributed by atoms with Crippen LogP contribution in [0, 0.1) is 0 Å². The van der Waals surface area contributed by atoms with E-state index in [1.54, 1.807) is 30.3 Å². The van der Waals surface area contributed by atoms with Crippen molar-refractivity contribution in [3.63, 3.8) is 0 Å². The van der Waals surface area contributed by atoms with Crippen LogP contribution in [0.25, 0.3) is 0 Å². The van der Waals surface area contributed by atoms with Crippen LogP contribution in [0.2, 0.25) is 0 Å². The van der Waals surface area contributed by atoms with Crippen LogP contribution in [-0.2, 0) is 21.4 Å². The summed E-state index contributed by atoms with van der Waals surface area (Å²) in [4.78, 5) is 11.1. The fourth-order valence-corrected chi connectivity index (χ4v) is 3.72. The van der Waals surface area contributed by atoms with E-state index in [1.807, 2.05) is 0 Å². The van der Waals surface area contributed by atoms with Gasteiger partial charge in [0.25, 0.3) is 0 Å². The molecule has 0 saturated heterocycles. The molecule has 0 aromatic heterocycles. The van der Waals surface area contributed by atoms with Crippen molar-refractivity contribution in [3.8, 4) is 5.75 Å². The van der Waals surface area contributed by atoms with Crippen molar-refractivity contribution in [2.24, 2.45) is 0 Å². The smallest absolute Gasteiger partial charge is 0.240 e. The first kappa shape index (κ1) is 18.4. The highest BCUT2D eigenvalue weighted by Gasteiger charge is 2.15. The monoisotopic (exact) mass is 412 g/mol. The number of carbonyl (C=O) groups is 1. The third-order valence-electron chi connectivity index (χ3n) is 3.17. The van der Waals surface area contributed by atoms with E-state index < -0.39 is 10.0 Å². The highest BCUT2D eigenvalue weighted by atomic mass is 79.9. The van der Waals surface area contributed by atoms with Crippen molar-refractivity contribution in [1.82, 2.24) is 4.72 Å². The van der Waals surface area contributed by atoms with Gasteiger partial charge in [-0.3, -0.25) is 4.79 Å². The quantitative estimate of drug-likeness (QED) is 0.763. The van der Waals surface area contributed by atoms with Crippen molar-refractivity contribution in [2.75, 3.05) is 12.4 Å². The first-order valence-electron chi connectivity index (χ1n) is 7.01. The van der Waals surface area contributed by atoms with Crippen LogP contribution in [-0.4, -0.2) is 21.4 Å². The van der Waals surface area contributed by atoms with Crippen LogP contribution < -0.4 is 14.8 Å². The maximum Gasteiger partial charge on any atom is 0.240 e. The van der Waals surface area contributed by atoms with Crippen LogP contribution in [0.3, 0.4) is 0 Å². The standard InChI is InChI=1S/C16H17BrN2O4S/c1-11(20)19-13-5-3-12(4-6-13)10-18-24(21,22)14-7-8-16(23-2)15(17)9-14/h3-9,18H,10H2,1-2H3,(H,19,20). The van der Waals surface area contributed by atoms with E-state index in [-0.39, 0.29) is 17.3 Å². The summed E-state index contributed by atoms with van der Waals surface area (Å²) >= 11 is 3.27. The molecule has 2 N–H and O–H groups in total. The number of sulfonamides is 1. The molecule has 2 rings (SSSR count). The van der Waals surface area contributed by atoms with E-state index in [2.05, 4.69) is 26.0 Å². The fraction of sp³-hybridized carbons (Fsp3) is 0.188. The number of carbonyl (C=O) groups excluding carboxylic acids is 1. The lowest BCUT2D eigenvalue weighted by molar-refractivity contribution is -0.114. The molecule has 0 bridgehead atoms. The van der Waals surface area contributed by atoms with Crippen molar-refractivity contribution < 1.29 is 17.9 Å². The van der Waals surface area contributed by atoms with Gasteiger partial charge in [0.15, 0.2) is 0 Å². The van der Waals surface area contributed by atoms with Crippen molar-refractivity contribution in [2.45, 2.75) is 18.4 Å². The molecule has 6 nitrogen and oxygen atoms in total. The molecule has 0 aliphatic rings. The Morgan fingerprint density at radius 3 is 2.38 bits per heavy atom. The second-order valence-electron chi connectivity index (χ2n) is 5.00. The summed E-state index contributed by atoms with van der Waals surface area (Å²) in [6.07, 6.45) is 0. The zero-order valence-electron chi connectivity index (χ0n) is 13.2. The van der Waals surface area contributed by atoms with Gasteiger partial charge in [0.2, 0.25) is 15.9 Å². The molecule has 0 spiro atoms. The van der Waals surface area contributed by atoms with Crippen LogP contribution in [0.5, 0.6) is 5.75 Å². The van der Waals surface area contributed by atoms with Gasteiger partial charge in [-0.25, -0.2) is 13.1 Å². The topological polar surface area (TPSA) is 84.5 Å². The van der Waals surface area contributed by atoms with E-state index in [9.17, 15) is 13.2 Å². The Bertz CT molecular complexity index is 836. The Kier molecular flexibility index (Phi) is 5.98. The molecular weight excluding hydrogens is 396 g/mol. The summed E-state index contributed by atoms with van der Waals surface area (Å²) in [6, 6.07) is 11.5. The van der Waals surface area contributed by atoms with Gasteiger partial charge in [-0.05, 0) is 51.8 Å². The Morgan fingerprint density at radius 2 is 1.83 bits per heavy atom. The van der Waals surface area contributed by atoms with Crippen molar-refractivity contribution in [1.29, 1.82) is 0 Å². The van der Waals surface area contributed by atoms with Crippen LogP contribution in [0.1, 0.15) is 12.5 Å². The Morgan fingerprint density at radius 1 is 1.17 bits per heavy atom. The molecule has 0 saturated carbocycles. The predicted octanol–water partition coefficient (Wildman–Crippen LogP) is 2.89. The van der Waals surface area contributed by atoms with Crippen LogP contribution >= 0.6 is 15.9 Å². The van der Waals surface area contributed by atoms with Crippen LogP contribution in [0.4, 0.5) is 5.69 Å². The average Bonchev–Trinajstić information content (AvgIpc) is 2.53. The first-order valence-corrected chi connectivity index (χ1v) is 9.29.